The van der Waals surface area contributed by atoms with Gasteiger partial charge >= 0.3 is 0 Å². The van der Waals surface area contributed by atoms with Crippen molar-refractivity contribution in [1.82, 2.24) is 4.98 Å². The van der Waals surface area contributed by atoms with Gasteiger partial charge in [0.05, 0.1) is 21.3 Å². The van der Waals surface area contributed by atoms with Crippen LogP contribution in [-0.4, -0.2) is 10.9 Å². The molecule has 0 bridgehead atoms. The Morgan fingerprint density at radius 3 is 2.64 bits per heavy atom. The number of halogens is 1. The first-order chi connectivity index (χ1) is 13.6. The summed E-state index contributed by atoms with van der Waals surface area (Å²) in [5.74, 6) is -0.248. The van der Waals surface area contributed by atoms with Crippen molar-refractivity contribution in [3.63, 3.8) is 0 Å². The summed E-state index contributed by atoms with van der Waals surface area (Å²) in [5, 5.41) is 13.3. The molecule has 0 unspecified atom stereocenters. The third-order valence-corrected chi connectivity index (χ3v) is 6.25. The second-order valence-electron chi connectivity index (χ2n) is 5.79. The summed E-state index contributed by atoms with van der Waals surface area (Å²) in [5.41, 5.74) is 1.89. The zero-order valence-electron chi connectivity index (χ0n) is 14.3. The van der Waals surface area contributed by atoms with Gasteiger partial charge in [-0.25, -0.2) is 4.98 Å². The van der Waals surface area contributed by atoms with Crippen molar-refractivity contribution in [2.75, 3.05) is 5.32 Å². The van der Waals surface area contributed by atoms with E-state index in [2.05, 4.69) is 16.4 Å². The predicted octanol–water partition coefficient (Wildman–Crippen LogP) is 6.22. The minimum absolute atomic E-state index is 0.248. The second-order valence-corrected chi connectivity index (χ2v) is 8.34. The van der Waals surface area contributed by atoms with Gasteiger partial charge in [0.1, 0.15) is 6.07 Å². The predicted molar refractivity (Wildman–Crippen MR) is 114 cm³/mol. The van der Waals surface area contributed by atoms with Crippen molar-refractivity contribution in [2.45, 2.75) is 9.79 Å². The van der Waals surface area contributed by atoms with E-state index in [0.29, 0.717) is 21.3 Å². The fraction of sp³-hybridized carbons (Fsp3) is 0. The Hall–Kier alpha value is -2.85. The number of thiazole rings is 1. The molecule has 0 fully saturated rings. The van der Waals surface area contributed by atoms with Crippen LogP contribution >= 0.6 is 34.7 Å². The molecule has 1 amide bonds. The highest BCUT2D eigenvalue weighted by atomic mass is 35.5. The normalized spacial score (nSPS) is 10.6. The lowest BCUT2D eigenvalue weighted by molar-refractivity contribution is 0.102. The van der Waals surface area contributed by atoms with Crippen LogP contribution in [0, 0.1) is 11.3 Å². The van der Waals surface area contributed by atoms with E-state index in [1.807, 2.05) is 48.5 Å². The van der Waals surface area contributed by atoms with Gasteiger partial charge < -0.3 is 0 Å². The lowest BCUT2D eigenvalue weighted by atomic mass is 10.2. The molecule has 0 saturated heterocycles. The monoisotopic (exact) mass is 421 g/mol. The second kappa shape index (κ2) is 8.03. The van der Waals surface area contributed by atoms with Gasteiger partial charge in [-0.15, -0.1) is 0 Å². The number of nitriles is 1. The highest BCUT2D eigenvalue weighted by Gasteiger charge is 2.15. The molecule has 3 aromatic carbocycles. The minimum Gasteiger partial charge on any atom is -0.298 e. The SMILES string of the molecule is N#Cc1ccccc1Sc1ccccc1C(=O)Nc1nc2ccc(Cl)cc2s1. The number of hydrogen-bond acceptors (Lipinski definition) is 5. The van der Waals surface area contributed by atoms with E-state index in [9.17, 15) is 10.1 Å². The number of benzene rings is 3. The van der Waals surface area contributed by atoms with Crippen LogP contribution in [0.4, 0.5) is 5.13 Å². The number of carbonyl (C=O) groups is 1. The fourth-order valence-corrected chi connectivity index (χ4v) is 4.79. The summed E-state index contributed by atoms with van der Waals surface area (Å²) in [6, 6.07) is 22.2. The quantitative estimate of drug-likeness (QED) is 0.424. The van der Waals surface area contributed by atoms with E-state index in [0.717, 1.165) is 20.0 Å². The molecule has 1 aromatic heterocycles. The first-order valence-electron chi connectivity index (χ1n) is 8.27. The first kappa shape index (κ1) is 18.5. The average molecular weight is 422 g/mol. The summed E-state index contributed by atoms with van der Waals surface area (Å²) in [6.45, 7) is 0. The van der Waals surface area contributed by atoms with Crippen molar-refractivity contribution < 1.29 is 4.79 Å². The van der Waals surface area contributed by atoms with Crippen LogP contribution in [0.2, 0.25) is 5.02 Å². The first-order valence-corrected chi connectivity index (χ1v) is 10.3. The molecule has 4 rings (SSSR count). The third kappa shape index (κ3) is 3.87. The number of rotatable bonds is 4. The van der Waals surface area contributed by atoms with Gasteiger partial charge in [-0.1, -0.05) is 59.0 Å². The standard InChI is InChI=1S/C21H12ClN3OS2/c22-14-9-10-16-19(11-14)28-21(24-16)25-20(26)15-6-2-4-8-18(15)27-17-7-3-1-5-13(17)12-23/h1-11H,(H,24,25,26). The molecule has 1 heterocycles. The number of hydrogen-bond donors (Lipinski definition) is 1. The van der Waals surface area contributed by atoms with Crippen LogP contribution in [0.15, 0.2) is 76.5 Å². The van der Waals surface area contributed by atoms with Gasteiger partial charge in [-0.3, -0.25) is 10.1 Å². The summed E-state index contributed by atoms with van der Waals surface area (Å²) >= 11 is 8.78. The van der Waals surface area contributed by atoms with Gasteiger partial charge in [-0.2, -0.15) is 5.26 Å². The van der Waals surface area contributed by atoms with Crippen LogP contribution in [0.1, 0.15) is 15.9 Å². The molecule has 4 nitrogen and oxygen atoms in total. The van der Waals surface area contributed by atoms with Crippen molar-refractivity contribution >= 4 is 56.0 Å². The van der Waals surface area contributed by atoms with Crippen LogP contribution in [0.3, 0.4) is 0 Å². The number of amides is 1. The fourth-order valence-electron chi connectivity index (χ4n) is 2.63. The lowest BCUT2D eigenvalue weighted by Gasteiger charge is -2.09. The van der Waals surface area contributed by atoms with Gasteiger partial charge in [0, 0.05) is 14.8 Å². The molecule has 0 aliphatic rings. The summed E-state index contributed by atoms with van der Waals surface area (Å²) in [6.07, 6.45) is 0. The summed E-state index contributed by atoms with van der Waals surface area (Å²) in [4.78, 5) is 18.9. The molecular weight excluding hydrogens is 410 g/mol. The molecule has 0 aliphatic heterocycles. The number of nitrogens with one attached hydrogen (secondary N) is 1. The zero-order valence-corrected chi connectivity index (χ0v) is 16.7. The molecule has 7 heteroatoms. The van der Waals surface area contributed by atoms with Crippen molar-refractivity contribution in [3.05, 3.63) is 82.9 Å². The van der Waals surface area contributed by atoms with E-state index in [-0.39, 0.29) is 5.91 Å². The average Bonchev–Trinajstić information content (AvgIpc) is 3.10. The van der Waals surface area contributed by atoms with Gasteiger partial charge in [-0.05, 0) is 42.5 Å². The molecule has 0 aliphatic carbocycles. The molecule has 0 saturated carbocycles. The number of nitrogens with zero attached hydrogens (tertiary/aromatic N) is 2. The Bertz CT molecular complexity index is 1230. The smallest absolute Gasteiger partial charge is 0.258 e. The molecule has 4 aromatic rings. The van der Waals surface area contributed by atoms with Crippen LogP contribution in [-0.2, 0) is 0 Å². The Morgan fingerprint density at radius 1 is 1.07 bits per heavy atom. The Morgan fingerprint density at radius 2 is 1.82 bits per heavy atom. The van der Waals surface area contributed by atoms with Crippen LogP contribution in [0.25, 0.3) is 10.2 Å². The van der Waals surface area contributed by atoms with Gasteiger partial charge in [0.15, 0.2) is 5.13 Å². The number of aromatic nitrogens is 1. The van der Waals surface area contributed by atoms with E-state index in [1.165, 1.54) is 23.1 Å². The Kier molecular flexibility index (Phi) is 5.31. The highest BCUT2D eigenvalue weighted by molar-refractivity contribution is 7.99. The van der Waals surface area contributed by atoms with Crippen molar-refractivity contribution in [3.8, 4) is 6.07 Å². The lowest BCUT2D eigenvalue weighted by Crippen LogP contribution is -2.12. The molecular formula is C21H12ClN3OS2. The minimum atomic E-state index is -0.248. The van der Waals surface area contributed by atoms with Crippen molar-refractivity contribution in [1.29, 1.82) is 5.26 Å². The maximum absolute atomic E-state index is 12.9. The van der Waals surface area contributed by atoms with E-state index in [1.54, 1.807) is 18.2 Å². The topological polar surface area (TPSA) is 65.8 Å². The maximum Gasteiger partial charge on any atom is 0.258 e. The van der Waals surface area contributed by atoms with Crippen LogP contribution < -0.4 is 5.32 Å². The molecule has 1 N–H and O–H groups in total. The molecule has 136 valence electrons. The number of anilines is 1. The summed E-state index contributed by atoms with van der Waals surface area (Å²) in [7, 11) is 0. The molecule has 28 heavy (non-hydrogen) atoms. The highest BCUT2D eigenvalue weighted by Crippen LogP contribution is 2.34. The number of carbonyl (C=O) groups excluding carboxylic acids is 1. The van der Waals surface area contributed by atoms with E-state index < -0.39 is 0 Å². The van der Waals surface area contributed by atoms with Crippen LogP contribution in [0.5, 0.6) is 0 Å². The molecule has 0 spiro atoms. The van der Waals surface area contributed by atoms with Gasteiger partial charge in [0.25, 0.3) is 5.91 Å². The maximum atomic E-state index is 12.9. The third-order valence-electron chi connectivity index (χ3n) is 3.93. The van der Waals surface area contributed by atoms with E-state index in [4.69, 9.17) is 11.6 Å². The molecule has 0 radical (unpaired) electrons. The zero-order chi connectivity index (χ0) is 19.5. The Labute approximate surface area is 174 Å². The summed E-state index contributed by atoms with van der Waals surface area (Å²) < 4.78 is 0.911. The van der Waals surface area contributed by atoms with Gasteiger partial charge in [0.2, 0.25) is 0 Å². The largest absolute Gasteiger partial charge is 0.298 e. The van der Waals surface area contributed by atoms with E-state index >= 15 is 0 Å². The Balaban J connectivity index is 1.62. The molecule has 0 atom stereocenters. The van der Waals surface area contributed by atoms with Crippen molar-refractivity contribution in [2.24, 2.45) is 0 Å². The number of fused-ring (bicyclic) bond motifs is 1.